The molecule has 0 bridgehead atoms. The van der Waals surface area contributed by atoms with Crippen molar-refractivity contribution in [3.63, 3.8) is 0 Å². The molecule has 0 aliphatic carbocycles. The average Bonchev–Trinajstić information content (AvgIpc) is 2.40. The van der Waals surface area contributed by atoms with E-state index in [4.69, 9.17) is 4.74 Å². The molecule has 1 atom stereocenters. The van der Waals surface area contributed by atoms with Crippen molar-refractivity contribution >= 4 is 0 Å². The Bertz CT molecular complexity index is 331. The van der Waals surface area contributed by atoms with Crippen molar-refractivity contribution in [2.24, 2.45) is 0 Å². The van der Waals surface area contributed by atoms with Gasteiger partial charge in [0.2, 0.25) is 0 Å². The highest BCUT2D eigenvalue weighted by Crippen LogP contribution is 2.22. The standard InChI is InChI=1S/C14H22N2O/c1-3-17-14-6-4-13(5-7-14)12(2)16-10-8-15-9-11-16/h4-7,12,15H,3,8-11H2,1-2H3/t12-/m0/s1. The molecular weight excluding hydrogens is 212 g/mol. The third kappa shape index (κ3) is 3.20. The van der Waals surface area contributed by atoms with Crippen LogP contribution in [0.2, 0.25) is 0 Å². The molecule has 0 aromatic heterocycles. The number of nitrogens with zero attached hydrogens (tertiary/aromatic N) is 1. The van der Waals surface area contributed by atoms with Crippen LogP contribution in [-0.4, -0.2) is 37.7 Å². The Morgan fingerprint density at radius 3 is 2.47 bits per heavy atom. The number of nitrogens with one attached hydrogen (secondary N) is 1. The summed E-state index contributed by atoms with van der Waals surface area (Å²) in [7, 11) is 0. The molecule has 2 rings (SSSR count). The van der Waals surface area contributed by atoms with Gasteiger partial charge in [0.1, 0.15) is 5.75 Å². The highest BCUT2D eigenvalue weighted by atomic mass is 16.5. The van der Waals surface area contributed by atoms with Crippen LogP contribution in [0.4, 0.5) is 0 Å². The van der Waals surface area contributed by atoms with Gasteiger partial charge in [0, 0.05) is 32.2 Å². The monoisotopic (exact) mass is 234 g/mol. The molecule has 3 heteroatoms. The van der Waals surface area contributed by atoms with Crippen molar-refractivity contribution in [3.8, 4) is 5.75 Å². The minimum atomic E-state index is 0.493. The van der Waals surface area contributed by atoms with Crippen LogP contribution in [0.1, 0.15) is 25.5 Å². The summed E-state index contributed by atoms with van der Waals surface area (Å²) in [5, 5.41) is 3.39. The second kappa shape index (κ2) is 6.03. The molecule has 1 saturated heterocycles. The lowest BCUT2D eigenvalue weighted by atomic mass is 10.1. The number of piperazine rings is 1. The molecule has 1 N–H and O–H groups in total. The van der Waals surface area contributed by atoms with Gasteiger partial charge < -0.3 is 10.1 Å². The zero-order chi connectivity index (χ0) is 12.1. The fourth-order valence-electron chi connectivity index (χ4n) is 2.29. The van der Waals surface area contributed by atoms with Gasteiger partial charge in [0.25, 0.3) is 0 Å². The summed E-state index contributed by atoms with van der Waals surface area (Å²) in [6.45, 7) is 9.48. The molecule has 0 saturated carbocycles. The van der Waals surface area contributed by atoms with Crippen molar-refractivity contribution in [2.75, 3.05) is 32.8 Å². The Morgan fingerprint density at radius 2 is 1.88 bits per heavy atom. The molecule has 1 fully saturated rings. The van der Waals surface area contributed by atoms with Gasteiger partial charge in [0.15, 0.2) is 0 Å². The van der Waals surface area contributed by atoms with Crippen molar-refractivity contribution in [3.05, 3.63) is 29.8 Å². The van der Waals surface area contributed by atoms with Gasteiger partial charge in [-0.15, -0.1) is 0 Å². The van der Waals surface area contributed by atoms with E-state index in [0.29, 0.717) is 6.04 Å². The van der Waals surface area contributed by atoms with Crippen molar-refractivity contribution in [1.29, 1.82) is 0 Å². The maximum atomic E-state index is 5.46. The molecule has 0 unspecified atom stereocenters. The maximum absolute atomic E-state index is 5.46. The molecule has 1 aromatic carbocycles. The predicted molar refractivity (Wildman–Crippen MR) is 70.5 cm³/mol. The lowest BCUT2D eigenvalue weighted by molar-refractivity contribution is 0.185. The first-order valence-electron chi connectivity index (χ1n) is 6.49. The summed E-state index contributed by atoms with van der Waals surface area (Å²) in [5.74, 6) is 0.962. The number of ether oxygens (including phenoxy) is 1. The fraction of sp³-hybridized carbons (Fsp3) is 0.571. The summed E-state index contributed by atoms with van der Waals surface area (Å²) in [4.78, 5) is 2.52. The Morgan fingerprint density at radius 1 is 1.24 bits per heavy atom. The van der Waals surface area contributed by atoms with E-state index in [9.17, 15) is 0 Å². The highest BCUT2D eigenvalue weighted by Gasteiger charge is 2.17. The summed E-state index contributed by atoms with van der Waals surface area (Å²) in [6.07, 6.45) is 0. The summed E-state index contributed by atoms with van der Waals surface area (Å²) < 4.78 is 5.46. The number of hydrogen-bond acceptors (Lipinski definition) is 3. The molecule has 1 aliphatic heterocycles. The predicted octanol–water partition coefficient (Wildman–Crippen LogP) is 2.05. The van der Waals surface area contributed by atoms with Crippen LogP contribution in [-0.2, 0) is 0 Å². The van der Waals surface area contributed by atoms with Crippen LogP contribution in [0.25, 0.3) is 0 Å². The fourth-order valence-corrected chi connectivity index (χ4v) is 2.29. The lowest BCUT2D eigenvalue weighted by Gasteiger charge is -2.33. The summed E-state index contributed by atoms with van der Waals surface area (Å²) in [5.41, 5.74) is 1.37. The van der Waals surface area contributed by atoms with Gasteiger partial charge in [-0.25, -0.2) is 0 Å². The first-order chi connectivity index (χ1) is 8.31. The van der Waals surface area contributed by atoms with E-state index in [1.807, 2.05) is 6.92 Å². The van der Waals surface area contributed by atoms with Gasteiger partial charge in [-0.2, -0.15) is 0 Å². The van der Waals surface area contributed by atoms with Gasteiger partial charge in [0.05, 0.1) is 6.61 Å². The highest BCUT2D eigenvalue weighted by molar-refractivity contribution is 5.29. The Labute approximate surface area is 104 Å². The first-order valence-corrected chi connectivity index (χ1v) is 6.49. The molecular formula is C14H22N2O. The minimum Gasteiger partial charge on any atom is -0.494 e. The number of rotatable bonds is 4. The van der Waals surface area contributed by atoms with Crippen molar-refractivity contribution < 1.29 is 4.74 Å². The van der Waals surface area contributed by atoms with E-state index in [0.717, 1.165) is 38.5 Å². The molecule has 0 spiro atoms. The molecule has 3 nitrogen and oxygen atoms in total. The Kier molecular flexibility index (Phi) is 4.40. The topological polar surface area (TPSA) is 24.5 Å². The van der Waals surface area contributed by atoms with Crippen molar-refractivity contribution in [2.45, 2.75) is 19.9 Å². The second-order valence-electron chi connectivity index (χ2n) is 4.46. The molecule has 0 radical (unpaired) electrons. The third-order valence-electron chi connectivity index (χ3n) is 3.37. The van der Waals surface area contributed by atoms with Crippen LogP contribution in [0.15, 0.2) is 24.3 Å². The molecule has 1 aromatic rings. The Balaban J connectivity index is 2.00. The number of benzene rings is 1. The maximum Gasteiger partial charge on any atom is 0.119 e. The van der Waals surface area contributed by atoms with E-state index < -0.39 is 0 Å². The van der Waals surface area contributed by atoms with Gasteiger partial charge in [-0.3, -0.25) is 4.90 Å². The van der Waals surface area contributed by atoms with Gasteiger partial charge in [-0.1, -0.05) is 12.1 Å². The second-order valence-corrected chi connectivity index (χ2v) is 4.46. The Hall–Kier alpha value is -1.06. The number of hydrogen-bond donors (Lipinski definition) is 1. The molecule has 17 heavy (non-hydrogen) atoms. The van der Waals surface area contributed by atoms with Crippen LogP contribution in [0.3, 0.4) is 0 Å². The lowest BCUT2D eigenvalue weighted by Crippen LogP contribution is -2.44. The van der Waals surface area contributed by atoms with E-state index in [1.165, 1.54) is 5.56 Å². The minimum absolute atomic E-state index is 0.493. The first kappa shape index (κ1) is 12.4. The van der Waals surface area contributed by atoms with Crippen LogP contribution < -0.4 is 10.1 Å². The smallest absolute Gasteiger partial charge is 0.119 e. The third-order valence-corrected chi connectivity index (χ3v) is 3.37. The molecule has 1 heterocycles. The van der Waals surface area contributed by atoms with Crippen molar-refractivity contribution in [1.82, 2.24) is 10.2 Å². The molecule has 0 amide bonds. The van der Waals surface area contributed by atoms with E-state index in [2.05, 4.69) is 41.4 Å². The SMILES string of the molecule is CCOc1ccc([C@H](C)N2CCNCC2)cc1. The van der Waals surface area contributed by atoms with Crippen LogP contribution in [0.5, 0.6) is 5.75 Å². The molecule has 1 aliphatic rings. The van der Waals surface area contributed by atoms with E-state index >= 15 is 0 Å². The summed E-state index contributed by atoms with van der Waals surface area (Å²) in [6, 6.07) is 8.98. The summed E-state index contributed by atoms with van der Waals surface area (Å²) >= 11 is 0. The van der Waals surface area contributed by atoms with E-state index in [-0.39, 0.29) is 0 Å². The van der Waals surface area contributed by atoms with Gasteiger partial charge in [-0.05, 0) is 31.5 Å². The molecule has 94 valence electrons. The zero-order valence-electron chi connectivity index (χ0n) is 10.8. The van der Waals surface area contributed by atoms with Crippen LogP contribution in [0, 0.1) is 0 Å². The normalized spacial score (nSPS) is 18.9. The quantitative estimate of drug-likeness (QED) is 0.863. The van der Waals surface area contributed by atoms with Crippen LogP contribution >= 0.6 is 0 Å². The van der Waals surface area contributed by atoms with E-state index in [1.54, 1.807) is 0 Å². The largest absolute Gasteiger partial charge is 0.494 e. The van der Waals surface area contributed by atoms with Gasteiger partial charge >= 0.3 is 0 Å². The average molecular weight is 234 g/mol. The zero-order valence-corrected chi connectivity index (χ0v) is 10.8.